The number of esters is 1. The summed E-state index contributed by atoms with van der Waals surface area (Å²) in [5, 5.41) is 0.575. The topological polar surface area (TPSA) is 29.5 Å². The quantitative estimate of drug-likeness (QED) is 0.572. The van der Waals surface area contributed by atoms with Crippen LogP contribution in [0, 0.1) is 0 Å². The van der Waals surface area contributed by atoms with Crippen molar-refractivity contribution in [3.63, 3.8) is 0 Å². The van der Waals surface area contributed by atoms with Gasteiger partial charge in [-0.3, -0.25) is 0 Å². The van der Waals surface area contributed by atoms with Gasteiger partial charge in [0.15, 0.2) is 0 Å². The summed E-state index contributed by atoms with van der Waals surface area (Å²) in [5.74, 6) is -0.179. The first-order valence-electron chi connectivity index (χ1n) is 5.83. The molecular formula is C13H16ClNO2. The number of carbonyl (C=O) groups is 1. The molecule has 0 saturated heterocycles. The second-order valence-corrected chi connectivity index (χ2v) is 4.54. The van der Waals surface area contributed by atoms with E-state index in [2.05, 4.69) is 0 Å². The predicted molar refractivity (Wildman–Crippen MR) is 67.3 cm³/mol. The van der Waals surface area contributed by atoms with Crippen molar-refractivity contribution in [1.82, 2.24) is 4.90 Å². The molecule has 0 aromatic heterocycles. The third-order valence-corrected chi connectivity index (χ3v) is 3.37. The van der Waals surface area contributed by atoms with E-state index >= 15 is 0 Å². The number of halogens is 1. The van der Waals surface area contributed by atoms with Gasteiger partial charge >= 0.3 is 5.97 Å². The summed E-state index contributed by atoms with van der Waals surface area (Å²) in [4.78, 5) is 13.9. The summed E-state index contributed by atoms with van der Waals surface area (Å²) in [6.45, 7) is 4.15. The van der Waals surface area contributed by atoms with Gasteiger partial charge in [0.25, 0.3) is 0 Å². The highest BCUT2D eigenvalue weighted by atomic mass is 35.5. The SMILES string of the molecule is C/C=C1\C=CC=C(Cl)N1C1(C(=O)OCC)CC1. The maximum Gasteiger partial charge on any atom is 0.332 e. The van der Waals surface area contributed by atoms with Crippen molar-refractivity contribution in [2.45, 2.75) is 32.2 Å². The highest BCUT2D eigenvalue weighted by molar-refractivity contribution is 6.29. The summed E-state index contributed by atoms with van der Waals surface area (Å²) < 4.78 is 5.15. The highest BCUT2D eigenvalue weighted by Crippen LogP contribution is 2.48. The minimum atomic E-state index is -0.573. The molecule has 92 valence electrons. The number of hydrogen-bond donors (Lipinski definition) is 0. The van der Waals surface area contributed by atoms with Crippen molar-refractivity contribution in [2.75, 3.05) is 6.61 Å². The summed E-state index contributed by atoms with van der Waals surface area (Å²) in [7, 11) is 0. The van der Waals surface area contributed by atoms with Crippen LogP contribution in [0.25, 0.3) is 0 Å². The van der Waals surface area contributed by atoms with E-state index in [-0.39, 0.29) is 5.97 Å². The van der Waals surface area contributed by atoms with Crippen LogP contribution < -0.4 is 0 Å². The molecule has 1 heterocycles. The summed E-state index contributed by atoms with van der Waals surface area (Å²) in [6, 6.07) is 0. The normalized spacial score (nSPS) is 23.6. The van der Waals surface area contributed by atoms with Gasteiger partial charge in [0.1, 0.15) is 10.7 Å². The van der Waals surface area contributed by atoms with Gasteiger partial charge in [0, 0.05) is 5.70 Å². The Kier molecular flexibility index (Phi) is 3.29. The molecule has 0 aromatic carbocycles. The fraction of sp³-hybridized carbons (Fsp3) is 0.462. The number of rotatable bonds is 3. The molecule has 1 aliphatic heterocycles. The molecule has 0 spiro atoms. The lowest BCUT2D eigenvalue weighted by Crippen LogP contribution is -2.42. The van der Waals surface area contributed by atoms with Crippen LogP contribution >= 0.6 is 11.6 Å². The molecule has 1 fully saturated rings. The summed E-state index contributed by atoms with van der Waals surface area (Å²) >= 11 is 6.21. The van der Waals surface area contributed by atoms with E-state index in [1.54, 1.807) is 6.08 Å². The summed E-state index contributed by atoms with van der Waals surface area (Å²) in [6.07, 6.45) is 9.17. The zero-order chi connectivity index (χ0) is 12.5. The van der Waals surface area contributed by atoms with Crippen molar-refractivity contribution in [3.05, 3.63) is 35.2 Å². The number of ether oxygens (including phenoxy) is 1. The lowest BCUT2D eigenvalue weighted by atomic mass is 10.1. The Morgan fingerprint density at radius 1 is 1.65 bits per heavy atom. The monoisotopic (exact) mass is 253 g/mol. The first-order valence-corrected chi connectivity index (χ1v) is 6.21. The van der Waals surface area contributed by atoms with Crippen LogP contribution in [0.1, 0.15) is 26.7 Å². The average molecular weight is 254 g/mol. The van der Waals surface area contributed by atoms with E-state index < -0.39 is 5.54 Å². The second-order valence-electron chi connectivity index (χ2n) is 4.15. The molecule has 0 bridgehead atoms. The predicted octanol–water partition coefficient (Wildman–Crippen LogP) is 2.94. The van der Waals surface area contributed by atoms with E-state index in [0.29, 0.717) is 11.8 Å². The molecule has 1 aliphatic carbocycles. The zero-order valence-electron chi connectivity index (χ0n) is 10.1. The second kappa shape index (κ2) is 4.57. The Bertz CT molecular complexity index is 419. The Labute approximate surface area is 106 Å². The first-order chi connectivity index (χ1) is 8.15. The maximum absolute atomic E-state index is 12.0. The van der Waals surface area contributed by atoms with Gasteiger partial charge in [-0.05, 0) is 38.8 Å². The van der Waals surface area contributed by atoms with Crippen LogP contribution in [-0.4, -0.2) is 23.0 Å². The minimum absolute atomic E-state index is 0.179. The van der Waals surface area contributed by atoms with Crippen LogP contribution in [0.5, 0.6) is 0 Å². The van der Waals surface area contributed by atoms with E-state index in [1.165, 1.54) is 0 Å². The molecule has 0 amide bonds. The average Bonchev–Trinajstić information content (AvgIpc) is 3.10. The highest BCUT2D eigenvalue weighted by Gasteiger charge is 2.57. The number of hydrogen-bond acceptors (Lipinski definition) is 3. The number of allylic oxidation sites excluding steroid dienone is 4. The Hall–Kier alpha value is -1.22. The van der Waals surface area contributed by atoms with Crippen molar-refractivity contribution < 1.29 is 9.53 Å². The molecule has 0 atom stereocenters. The molecule has 3 nitrogen and oxygen atoms in total. The van der Waals surface area contributed by atoms with E-state index in [4.69, 9.17) is 16.3 Å². The third kappa shape index (κ3) is 2.00. The fourth-order valence-electron chi connectivity index (χ4n) is 2.08. The van der Waals surface area contributed by atoms with Gasteiger partial charge in [0.05, 0.1) is 6.61 Å². The van der Waals surface area contributed by atoms with Gasteiger partial charge in [-0.1, -0.05) is 23.8 Å². The first kappa shape index (κ1) is 12.2. The molecule has 0 radical (unpaired) electrons. The van der Waals surface area contributed by atoms with Crippen molar-refractivity contribution >= 4 is 17.6 Å². The molecule has 2 rings (SSSR count). The van der Waals surface area contributed by atoms with Gasteiger partial charge in [-0.2, -0.15) is 0 Å². The smallest absolute Gasteiger partial charge is 0.332 e. The molecule has 0 N–H and O–H groups in total. The molecule has 1 saturated carbocycles. The van der Waals surface area contributed by atoms with Crippen LogP contribution in [-0.2, 0) is 9.53 Å². The van der Waals surface area contributed by atoms with Crippen molar-refractivity contribution in [3.8, 4) is 0 Å². The van der Waals surface area contributed by atoms with Crippen LogP contribution in [0.2, 0.25) is 0 Å². The Morgan fingerprint density at radius 3 is 2.88 bits per heavy atom. The Balaban J connectivity index is 2.29. The molecule has 0 aromatic rings. The Morgan fingerprint density at radius 2 is 2.35 bits per heavy atom. The zero-order valence-corrected chi connectivity index (χ0v) is 10.8. The van der Waals surface area contributed by atoms with Crippen LogP contribution in [0.15, 0.2) is 35.2 Å². The maximum atomic E-state index is 12.0. The van der Waals surface area contributed by atoms with E-state index in [9.17, 15) is 4.79 Å². The largest absolute Gasteiger partial charge is 0.464 e. The van der Waals surface area contributed by atoms with E-state index in [1.807, 2.05) is 37.0 Å². The van der Waals surface area contributed by atoms with Crippen molar-refractivity contribution in [2.24, 2.45) is 0 Å². The molecular weight excluding hydrogens is 238 g/mol. The molecule has 17 heavy (non-hydrogen) atoms. The third-order valence-electron chi connectivity index (χ3n) is 3.08. The lowest BCUT2D eigenvalue weighted by molar-refractivity contribution is -0.149. The van der Waals surface area contributed by atoms with Crippen LogP contribution in [0.4, 0.5) is 0 Å². The van der Waals surface area contributed by atoms with Crippen LogP contribution in [0.3, 0.4) is 0 Å². The van der Waals surface area contributed by atoms with Gasteiger partial charge in [-0.25, -0.2) is 4.79 Å². The summed E-state index contributed by atoms with van der Waals surface area (Å²) in [5.41, 5.74) is 0.374. The molecule has 0 unspecified atom stereocenters. The van der Waals surface area contributed by atoms with Gasteiger partial charge < -0.3 is 9.64 Å². The van der Waals surface area contributed by atoms with Gasteiger partial charge in [-0.15, -0.1) is 0 Å². The minimum Gasteiger partial charge on any atom is -0.464 e. The van der Waals surface area contributed by atoms with Crippen molar-refractivity contribution in [1.29, 1.82) is 0 Å². The standard InChI is InChI=1S/C13H16ClNO2/c1-3-10-6-5-7-11(14)15(10)13(8-9-13)12(16)17-4-2/h3,5-7H,4,8-9H2,1-2H3/b10-3+. The molecule has 4 heteroatoms. The lowest BCUT2D eigenvalue weighted by Gasteiger charge is -2.33. The van der Waals surface area contributed by atoms with Gasteiger partial charge in [0.2, 0.25) is 0 Å². The molecule has 2 aliphatic rings. The number of nitrogens with zero attached hydrogens (tertiary/aromatic N) is 1. The number of carbonyl (C=O) groups excluding carboxylic acids is 1. The van der Waals surface area contributed by atoms with E-state index in [0.717, 1.165) is 18.5 Å². The fourth-order valence-corrected chi connectivity index (χ4v) is 2.41.